The number of hydrogen-bond donors (Lipinski definition) is 1. The minimum Gasteiger partial charge on any atom is -0.465 e. The fourth-order valence-corrected chi connectivity index (χ4v) is 3.35. The number of nitrogens with one attached hydrogen (secondary N) is 1. The molecule has 7 nitrogen and oxygen atoms in total. The van der Waals surface area contributed by atoms with Crippen LogP contribution in [-0.4, -0.2) is 38.8 Å². The first-order valence-electron chi connectivity index (χ1n) is 9.29. The summed E-state index contributed by atoms with van der Waals surface area (Å²) in [6, 6.07) is 9.28. The quantitative estimate of drug-likeness (QED) is 0.686. The van der Waals surface area contributed by atoms with Crippen molar-refractivity contribution in [2.24, 2.45) is 0 Å². The summed E-state index contributed by atoms with van der Waals surface area (Å²) in [6.07, 6.45) is 11.8. The molecule has 3 aromatic heterocycles. The molecule has 0 bridgehead atoms. The Morgan fingerprint density at radius 2 is 2.07 bits per heavy atom. The molecule has 4 heterocycles. The van der Waals surface area contributed by atoms with E-state index in [1.54, 1.807) is 43.1 Å². The molecule has 28 heavy (non-hydrogen) atoms. The summed E-state index contributed by atoms with van der Waals surface area (Å²) in [5.74, 6) is 2.16. The lowest BCUT2D eigenvalue weighted by Gasteiger charge is -2.32. The number of carbonyl (C=O) groups is 1. The van der Waals surface area contributed by atoms with Gasteiger partial charge in [-0.05, 0) is 43.2 Å². The number of pyridine rings is 1. The number of anilines is 2. The SMILES string of the molecule is O=C(C=Cc1ccco1)N1CCCC(c2nccnc2Nc2ccccn2)C1. The highest BCUT2D eigenvalue weighted by molar-refractivity contribution is 5.91. The summed E-state index contributed by atoms with van der Waals surface area (Å²) in [5, 5.41) is 3.24. The molecular weight excluding hydrogens is 354 g/mol. The minimum absolute atomic E-state index is 0.0239. The first-order valence-corrected chi connectivity index (χ1v) is 9.29. The summed E-state index contributed by atoms with van der Waals surface area (Å²) >= 11 is 0. The van der Waals surface area contributed by atoms with Crippen LogP contribution in [0, 0.1) is 0 Å². The average Bonchev–Trinajstić information content (AvgIpc) is 3.27. The zero-order chi connectivity index (χ0) is 19.2. The number of furan rings is 1. The van der Waals surface area contributed by atoms with Gasteiger partial charge in [-0.15, -0.1) is 0 Å². The second kappa shape index (κ2) is 8.47. The first kappa shape index (κ1) is 17.9. The predicted octanol–water partition coefficient (Wildman–Crippen LogP) is 3.63. The first-order chi connectivity index (χ1) is 13.8. The van der Waals surface area contributed by atoms with Crippen molar-refractivity contribution in [2.75, 3.05) is 18.4 Å². The molecule has 1 N–H and O–H groups in total. The molecule has 1 aliphatic heterocycles. The Balaban J connectivity index is 1.48. The zero-order valence-electron chi connectivity index (χ0n) is 15.4. The van der Waals surface area contributed by atoms with Gasteiger partial charge in [0.05, 0.1) is 12.0 Å². The van der Waals surface area contributed by atoms with Crippen LogP contribution >= 0.6 is 0 Å². The smallest absolute Gasteiger partial charge is 0.246 e. The van der Waals surface area contributed by atoms with E-state index in [-0.39, 0.29) is 11.8 Å². The number of likely N-dealkylation sites (tertiary alicyclic amines) is 1. The van der Waals surface area contributed by atoms with Crippen molar-refractivity contribution in [3.63, 3.8) is 0 Å². The molecule has 0 spiro atoms. The van der Waals surface area contributed by atoms with Crippen LogP contribution < -0.4 is 5.32 Å². The van der Waals surface area contributed by atoms with Gasteiger partial charge in [0.1, 0.15) is 11.6 Å². The van der Waals surface area contributed by atoms with E-state index in [4.69, 9.17) is 4.42 Å². The van der Waals surface area contributed by atoms with Gasteiger partial charge >= 0.3 is 0 Å². The molecule has 0 aromatic carbocycles. The van der Waals surface area contributed by atoms with Crippen LogP contribution in [0.4, 0.5) is 11.6 Å². The molecule has 1 fully saturated rings. The van der Waals surface area contributed by atoms with Gasteiger partial charge in [0, 0.05) is 43.7 Å². The van der Waals surface area contributed by atoms with E-state index in [1.165, 1.54) is 0 Å². The predicted molar refractivity (Wildman–Crippen MR) is 106 cm³/mol. The molecule has 142 valence electrons. The summed E-state index contributed by atoms with van der Waals surface area (Å²) < 4.78 is 5.24. The van der Waals surface area contributed by atoms with E-state index in [0.29, 0.717) is 18.1 Å². The van der Waals surface area contributed by atoms with Crippen LogP contribution in [0.15, 0.2) is 65.7 Å². The van der Waals surface area contributed by atoms with Crippen LogP contribution in [0.2, 0.25) is 0 Å². The van der Waals surface area contributed by atoms with Crippen LogP contribution in [0.1, 0.15) is 30.2 Å². The highest BCUT2D eigenvalue weighted by Gasteiger charge is 2.27. The van der Waals surface area contributed by atoms with Gasteiger partial charge in [-0.25, -0.2) is 9.97 Å². The van der Waals surface area contributed by atoms with Crippen molar-refractivity contribution >= 4 is 23.6 Å². The number of aromatic nitrogens is 3. The van der Waals surface area contributed by atoms with Crippen LogP contribution in [0.25, 0.3) is 6.08 Å². The number of nitrogens with zero attached hydrogens (tertiary/aromatic N) is 4. The molecule has 3 aromatic rings. The Morgan fingerprint density at radius 1 is 1.14 bits per heavy atom. The molecular formula is C21H21N5O2. The maximum Gasteiger partial charge on any atom is 0.246 e. The maximum absolute atomic E-state index is 12.6. The average molecular weight is 375 g/mol. The highest BCUT2D eigenvalue weighted by atomic mass is 16.3. The Bertz CT molecular complexity index is 940. The third kappa shape index (κ3) is 4.25. The molecule has 0 saturated carbocycles. The lowest BCUT2D eigenvalue weighted by molar-refractivity contribution is -0.127. The van der Waals surface area contributed by atoms with Gasteiger partial charge in [-0.3, -0.25) is 9.78 Å². The standard InChI is InChI=1S/C21H21N5O2/c27-19(9-8-17-6-4-14-28-17)26-13-3-5-16(15-26)20-21(24-12-11-23-20)25-18-7-1-2-10-22-18/h1-2,4,6-12,14,16H,3,5,13,15H2,(H,22,24,25). The number of piperidine rings is 1. The number of carbonyl (C=O) groups excluding carboxylic acids is 1. The Hall–Kier alpha value is -3.48. The van der Waals surface area contributed by atoms with Crippen molar-refractivity contribution in [1.29, 1.82) is 0 Å². The minimum atomic E-state index is -0.0239. The highest BCUT2D eigenvalue weighted by Crippen LogP contribution is 2.30. The fraction of sp³-hybridized carbons (Fsp3) is 0.238. The van der Waals surface area contributed by atoms with Gasteiger partial charge < -0.3 is 14.6 Å². The fourth-order valence-electron chi connectivity index (χ4n) is 3.35. The van der Waals surface area contributed by atoms with Gasteiger partial charge in [0.15, 0.2) is 5.82 Å². The van der Waals surface area contributed by atoms with Crippen molar-refractivity contribution in [3.8, 4) is 0 Å². The van der Waals surface area contributed by atoms with Gasteiger partial charge in [-0.1, -0.05) is 6.07 Å². The summed E-state index contributed by atoms with van der Waals surface area (Å²) in [5.41, 5.74) is 0.862. The normalized spacial score (nSPS) is 17.0. The molecule has 7 heteroatoms. The number of hydrogen-bond acceptors (Lipinski definition) is 6. The Labute approximate surface area is 163 Å². The third-order valence-electron chi connectivity index (χ3n) is 4.69. The summed E-state index contributed by atoms with van der Waals surface area (Å²) in [4.78, 5) is 27.7. The van der Waals surface area contributed by atoms with E-state index in [0.717, 1.165) is 30.9 Å². The Morgan fingerprint density at radius 3 is 2.89 bits per heavy atom. The molecule has 0 aliphatic carbocycles. The van der Waals surface area contributed by atoms with Gasteiger partial charge in [0.25, 0.3) is 0 Å². The maximum atomic E-state index is 12.6. The largest absolute Gasteiger partial charge is 0.465 e. The molecule has 1 unspecified atom stereocenters. The van der Waals surface area contributed by atoms with Crippen molar-refractivity contribution in [2.45, 2.75) is 18.8 Å². The van der Waals surface area contributed by atoms with Crippen molar-refractivity contribution in [1.82, 2.24) is 19.9 Å². The van der Waals surface area contributed by atoms with E-state index < -0.39 is 0 Å². The van der Waals surface area contributed by atoms with Crippen molar-refractivity contribution in [3.05, 3.63) is 72.7 Å². The topological polar surface area (TPSA) is 84.2 Å². The number of rotatable bonds is 5. The molecule has 0 radical (unpaired) electrons. The summed E-state index contributed by atoms with van der Waals surface area (Å²) in [6.45, 7) is 1.35. The van der Waals surface area contributed by atoms with Crippen LogP contribution in [-0.2, 0) is 4.79 Å². The van der Waals surface area contributed by atoms with E-state index >= 15 is 0 Å². The zero-order valence-corrected chi connectivity index (χ0v) is 15.4. The van der Waals surface area contributed by atoms with E-state index in [1.807, 2.05) is 29.2 Å². The molecule has 1 saturated heterocycles. The van der Waals surface area contributed by atoms with Crippen LogP contribution in [0.5, 0.6) is 0 Å². The lowest BCUT2D eigenvalue weighted by atomic mass is 9.94. The van der Waals surface area contributed by atoms with Gasteiger partial charge in [0.2, 0.25) is 5.91 Å². The number of amides is 1. The second-order valence-electron chi connectivity index (χ2n) is 6.60. The van der Waals surface area contributed by atoms with E-state index in [9.17, 15) is 4.79 Å². The Kier molecular flexibility index (Phi) is 5.42. The molecule has 1 atom stereocenters. The lowest BCUT2D eigenvalue weighted by Crippen LogP contribution is -2.38. The van der Waals surface area contributed by atoms with Gasteiger partial charge in [-0.2, -0.15) is 0 Å². The molecule has 4 rings (SSSR count). The monoisotopic (exact) mass is 375 g/mol. The second-order valence-corrected chi connectivity index (χ2v) is 6.60. The molecule has 1 aliphatic rings. The third-order valence-corrected chi connectivity index (χ3v) is 4.69. The molecule has 1 amide bonds. The van der Waals surface area contributed by atoms with Crippen LogP contribution in [0.3, 0.4) is 0 Å². The van der Waals surface area contributed by atoms with Crippen molar-refractivity contribution < 1.29 is 9.21 Å². The van der Waals surface area contributed by atoms with E-state index in [2.05, 4.69) is 20.3 Å². The summed E-state index contributed by atoms with van der Waals surface area (Å²) in [7, 11) is 0.